The van der Waals surface area contributed by atoms with Gasteiger partial charge in [0, 0.05) is 30.2 Å². The molecule has 0 fully saturated rings. The zero-order chi connectivity index (χ0) is 17.8. The molecule has 132 valence electrons. The Labute approximate surface area is 149 Å². The molecular formula is C17H17ClFN3O3. The number of furan rings is 1. The quantitative estimate of drug-likeness (QED) is 0.640. The molecule has 0 aliphatic heterocycles. The van der Waals surface area contributed by atoms with E-state index in [2.05, 4.69) is 10.1 Å². The van der Waals surface area contributed by atoms with Crippen LogP contribution in [0.1, 0.15) is 11.4 Å². The van der Waals surface area contributed by atoms with Crippen molar-refractivity contribution in [2.45, 2.75) is 13.0 Å². The normalized spacial score (nSPS) is 11.0. The summed E-state index contributed by atoms with van der Waals surface area (Å²) in [5.74, 6) is 1.46. The fourth-order valence-corrected chi connectivity index (χ4v) is 2.59. The van der Waals surface area contributed by atoms with Crippen molar-refractivity contribution in [2.24, 2.45) is 0 Å². The lowest BCUT2D eigenvalue weighted by Gasteiger charge is -2.07. The summed E-state index contributed by atoms with van der Waals surface area (Å²) in [5.41, 5.74) is 0.340. The van der Waals surface area contributed by atoms with E-state index >= 15 is 0 Å². The van der Waals surface area contributed by atoms with Crippen molar-refractivity contribution < 1.29 is 18.3 Å². The van der Waals surface area contributed by atoms with E-state index in [1.807, 2.05) is 0 Å². The minimum atomic E-state index is -0.399. The molecule has 0 unspecified atom stereocenters. The van der Waals surface area contributed by atoms with Gasteiger partial charge in [-0.3, -0.25) is 0 Å². The Morgan fingerprint density at radius 1 is 1.24 bits per heavy atom. The summed E-state index contributed by atoms with van der Waals surface area (Å²) in [5, 5.41) is 4.77. The van der Waals surface area contributed by atoms with Crippen LogP contribution < -0.4 is 4.74 Å². The SMILES string of the molecule is COCCc1nc(-c2ccc(OC)o2)n(Cc2c(F)cccc2Cl)n1. The summed E-state index contributed by atoms with van der Waals surface area (Å²) >= 11 is 6.13. The molecule has 3 rings (SSSR count). The van der Waals surface area contributed by atoms with Gasteiger partial charge in [0.05, 0.1) is 20.3 Å². The Morgan fingerprint density at radius 3 is 2.76 bits per heavy atom. The first kappa shape index (κ1) is 17.4. The molecule has 25 heavy (non-hydrogen) atoms. The van der Waals surface area contributed by atoms with Gasteiger partial charge in [0.15, 0.2) is 17.4 Å². The lowest BCUT2D eigenvalue weighted by molar-refractivity contribution is 0.200. The second-order valence-corrected chi connectivity index (χ2v) is 5.68. The Kier molecular flexibility index (Phi) is 5.35. The molecule has 2 heterocycles. The zero-order valence-corrected chi connectivity index (χ0v) is 14.6. The molecule has 0 aliphatic carbocycles. The molecule has 3 aromatic rings. The Balaban J connectivity index is 1.99. The average Bonchev–Trinajstić information content (AvgIpc) is 3.23. The van der Waals surface area contributed by atoms with E-state index in [1.54, 1.807) is 36.1 Å². The molecule has 0 spiro atoms. The van der Waals surface area contributed by atoms with Crippen LogP contribution in [0.4, 0.5) is 4.39 Å². The number of halogens is 2. The predicted octanol–water partition coefficient (Wildman–Crippen LogP) is 3.58. The number of ether oxygens (including phenoxy) is 2. The van der Waals surface area contributed by atoms with Gasteiger partial charge in [-0.05, 0) is 18.2 Å². The summed E-state index contributed by atoms with van der Waals surface area (Å²) in [6, 6.07) is 7.96. The van der Waals surface area contributed by atoms with Gasteiger partial charge < -0.3 is 13.9 Å². The van der Waals surface area contributed by atoms with Crippen LogP contribution in [0.25, 0.3) is 11.6 Å². The van der Waals surface area contributed by atoms with Crippen molar-refractivity contribution in [3.05, 3.63) is 52.6 Å². The zero-order valence-electron chi connectivity index (χ0n) is 13.8. The summed E-state index contributed by atoms with van der Waals surface area (Å²) in [4.78, 5) is 4.48. The molecule has 0 radical (unpaired) electrons. The van der Waals surface area contributed by atoms with Gasteiger partial charge in [-0.25, -0.2) is 14.1 Å². The summed E-state index contributed by atoms with van der Waals surface area (Å²) in [7, 11) is 3.12. The molecule has 0 N–H and O–H groups in total. The smallest absolute Gasteiger partial charge is 0.284 e. The molecule has 8 heteroatoms. The molecule has 0 amide bonds. The van der Waals surface area contributed by atoms with E-state index in [-0.39, 0.29) is 6.54 Å². The second-order valence-electron chi connectivity index (χ2n) is 5.28. The number of methoxy groups -OCH3 is 2. The van der Waals surface area contributed by atoms with E-state index < -0.39 is 5.82 Å². The van der Waals surface area contributed by atoms with Crippen LogP contribution >= 0.6 is 11.6 Å². The molecular weight excluding hydrogens is 349 g/mol. The lowest BCUT2D eigenvalue weighted by atomic mass is 10.2. The van der Waals surface area contributed by atoms with Crippen molar-refractivity contribution in [1.82, 2.24) is 14.8 Å². The van der Waals surface area contributed by atoms with Crippen molar-refractivity contribution >= 4 is 11.6 Å². The van der Waals surface area contributed by atoms with E-state index in [1.165, 1.54) is 13.2 Å². The van der Waals surface area contributed by atoms with E-state index in [4.69, 9.17) is 25.5 Å². The van der Waals surface area contributed by atoms with Crippen LogP contribution in [-0.4, -0.2) is 35.6 Å². The van der Waals surface area contributed by atoms with Crippen LogP contribution in [0.3, 0.4) is 0 Å². The molecule has 0 saturated heterocycles. The first-order chi connectivity index (χ1) is 12.1. The van der Waals surface area contributed by atoms with Gasteiger partial charge >= 0.3 is 0 Å². The number of hydrogen-bond donors (Lipinski definition) is 0. The van der Waals surface area contributed by atoms with Gasteiger partial charge in [-0.1, -0.05) is 17.7 Å². The number of nitrogens with zero attached hydrogens (tertiary/aromatic N) is 3. The number of aromatic nitrogens is 3. The molecule has 1 aromatic carbocycles. The number of rotatable bonds is 7. The van der Waals surface area contributed by atoms with Gasteiger partial charge in [0.25, 0.3) is 5.95 Å². The Bertz CT molecular complexity index is 842. The third-order valence-electron chi connectivity index (χ3n) is 3.62. The second kappa shape index (κ2) is 7.67. The van der Waals surface area contributed by atoms with Crippen LogP contribution in [0.2, 0.25) is 5.02 Å². The van der Waals surface area contributed by atoms with E-state index in [9.17, 15) is 4.39 Å². The van der Waals surface area contributed by atoms with Gasteiger partial charge in [0.2, 0.25) is 0 Å². The molecule has 0 atom stereocenters. The summed E-state index contributed by atoms with van der Waals surface area (Å²) < 4.78 is 31.4. The van der Waals surface area contributed by atoms with Gasteiger partial charge in [-0.2, -0.15) is 5.10 Å². The highest BCUT2D eigenvalue weighted by Gasteiger charge is 2.18. The third kappa shape index (κ3) is 3.83. The van der Waals surface area contributed by atoms with Crippen molar-refractivity contribution in [2.75, 3.05) is 20.8 Å². The van der Waals surface area contributed by atoms with Crippen LogP contribution in [0, 0.1) is 5.82 Å². The highest BCUT2D eigenvalue weighted by atomic mass is 35.5. The minimum absolute atomic E-state index is 0.129. The monoisotopic (exact) mass is 365 g/mol. The number of benzene rings is 1. The number of hydrogen-bond acceptors (Lipinski definition) is 5. The standard InChI is InChI=1S/C17H17ClFN3O3/c1-23-9-8-15-20-17(14-6-7-16(24-2)25-14)22(21-15)10-11-12(18)4-3-5-13(11)19/h3-7H,8-10H2,1-2H3. The first-order valence-corrected chi connectivity index (χ1v) is 8.00. The summed E-state index contributed by atoms with van der Waals surface area (Å²) in [6.07, 6.45) is 0.527. The van der Waals surface area contributed by atoms with E-state index in [0.29, 0.717) is 47.0 Å². The summed E-state index contributed by atoms with van der Waals surface area (Å²) in [6.45, 7) is 0.606. The third-order valence-corrected chi connectivity index (χ3v) is 3.97. The first-order valence-electron chi connectivity index (χ1n) is 7.62. The van der Waals surface area contributed by atoms with Crippen molar-refractivity contribution in [1.29, 1.82) is 0 Å². The minimum Gasteiger partial charge on any atom is -0.468 e. The van der Waals surface area contributed by atoms with Crippen molar-refractivity contribution in [3.8, 4) is 17.5 Å². The maximum absolute atomic E-state index is 14.1. The maximum Gasteiger partial charge on any atom is 0.284 e. The Hall–Kier alpha value is -2.38. The Morgan fingerprint density at radius 2 is 2.08 bits per heavy atom. The van der Waals surface area contributed by atoms with Crippen LogP contribution in [0.15, 0.2) is 34.7 Å². The largest absolute Gasteiger partial charge is 0.468 e. The molecule has 0 saturated carbocycles. The van der Waals surface area contributed by atoms with Crippen LogP contribution in [0.5, 0.6) is 5.95 Å². The van der Waals surface area contributed by atoms with Crippen molar-refractivity contribution in [3.63, 3.8) is 0 Å². The average molecular weight is 366 g/mol. The molecule has 2 aromatic heterocycles. The highest BCUT2D eigenvalue weighted by molar-refractivity contribution is 6.31. The molecule has 0 bridgehead atoms. The topological polar surface area (TPSA) is 62.3 Å². The lowest BCUT2D eigenvalue weighted by Crippen LogP contribution is -2.07. The maximum atomic E-state index is 14.1. The fraction of sp³-hybridized carbons (Fsp3) is 0.294. The predicted molar refractivity (Wildman–Crippen MR) is 90.4 cm³/mol. The molecule has 0 aliphatic rings. The van der Waals surface area contributed by atoms with Gasteiger partial charge in [-0.15, -0.1) is 0 Å². The van der Waals surface area contributed by atoms with E-state index in [0.717, 1.165) is 0 Å². The van der Waals surface area contributed by atoms with Gasteiger partial charge in [0.1, 0.15) is 5.82 Å². The highest BCUT2D eigenvalue weighted by Crippen LogP contribution is 2.27. The molecule has 6 nitrogen and oxygen atoms in total. The fourth-order valence-electron chi connectivity index (χ4n) is 2.36. The van der Waals surface area contributed by atoms with Crippen LogP contribution in [-0.2, 0) is 17.7 Å².